The van der Waals surface area contributed by atoms with Gasteiger partial charge in [-0.2, -0.15) is 0 Å². The molecular formula is C28H33N3O4S2. The molecule has 0 radical (unpaired) electrons. The summed E-state index contributed by atoms with van der Waals surface area (Å²) in [5.74, 6) is -0.0469. The van der Waals surface area contributed by atoms with E-state index < -0.39 is 22.5 Å². The van der Waals surface area contributed by atoms with Gasteiger partial charge in [0.05, 0.1) is 17.2 Å². The highest BCUT2D eigenvalue weighted by molar-refractivity contribution is 7.98. The normalized spacial score (nSPS) is 13.7. The van der Waals surface area contributed by atoms with Gasteiger partial charge in [0.2, 0.25) is 5.91 Å². The third kappa shape index (κ3) is 6.59. The number of para-hydroxylation sites is 2. The van der Waals surface area contributed by atoms with Gasteiger partial charge in [-0.3, -0.25) is 9.10 Å². The van der Waals surface area contributed by atoms with Crippen LogP contribution < -0.4 is 19.3 Å². The predicted octanol–water partition coefficient (Wildman–Crippen LogP) is 5.63. The van der Waals surface area contributed by atoms with Gasteiger partial charge < -0.3 is 15.0 Å². The smallest absolute Gasteiger partial charge is 0.264 e. The van der Waals surface area contributed by atoms with Crippen LogP contribution in [-0.2, 0) is 14.8 Å². The molecule has 196 valence electrons. The summed E-state index contributed by atoms with van der Waals surface area (Å²) in [6.45, 7) is 3.87. The topological polar surface area (TPSA) is 79.0 Å². The van der Waals surface area contributed by atoms with E-state index in [2.05, 4.69) is 10.2 Å². The number of carbonyl (C=O) groups excluding carboxylic acids is 1. The van der Waals surface area contributed by atoms with Crippen molar-refractivity contribution < 1.29 is 17.9 Å². The van der Waals surface area contributed by atoms with Gasteiger partial charge in [-0.05, 0) is 93.1 Å². The maximum atomic E-state index is 13.8. The second-order valence-electron chi connectivity index (χ2n) is 8.73. The molecule has 0 unspecified atom stereocenters. The number of rotatable bonds is 10. The SMILES string of the molecule is CCOc1ccccc1N(CC(=O)Nc1ccc(N2CCCCC2)cc1)S(=O)(=O)c1ccc(SC)cc1. The Labute approximate surface area is 223 Å². The maximum absolute atomic E-state index is 13.8. The highest BCUT2D eigenvalue weighted by Crippen LogP contribution is 2.33. The zero-order chi connectivity index (χ0) is 26.3. The van der Waals surface area contributed by atoms with Crippen molar-refractivity contribution in [2.75, 3.05) is 47.0 Å². The van der Waals surface area contributed by atoms with Gasteiger partial charge in [0.25, 0.3) is 10.0 Å². The molecule has 0 bridgehead atoms. The summed E-state index contributed by atoms with van der Waals surface area (Å²) in [7, 11) is -4.05. The molecule has 1 aliphatic rings. The monoisotopic (exact) mass is 539 g/mol. The lowest BCUT2D eigenvalue weighted by atomic mass is 10.1. The van der Waals surface area contributed by atoms with E-state index in [9.17, 15) is 13.2 Å². The first-order valence-corrected chi connectivity index (χ1v) is 15.1. The number of piperidine rings is 1. The molecule has 9 heteroatoms. The van der Waals surface area contributed by atoms with Gasteiger partial charge in [-0.1, -0.05) is 12.1 Å². The van der Waals surface area contributed by atoms with Crippen molar-refractivity contribution in [3.05, 3.63) is 72.8 Å². The van der Waals surface area contributed by atoms with Gasteiger partial charge in [0.15, 0.2) is 0 Å². The Morgan fingerprint density at radius 1 is 0.973 bits per heavy atom. The molecular weight excluding hydrogens is 506 g/mol. The molecule has 1 fully saturated rings. The van der Waals surface area contributed by atoms with Gasteiger partial charge >= 0.3 is 0 Å². The maximum Gasteiger partial charge on any atom is 0.264 e. The quantitative estimate of drug-likeness (QED) is 0.337. The van der Waals surface area contributed by atoms with Crippen molar-refractivity contribution in [3.63, 3.8) is 0 Å². The van der Waals surface area contributed by atoms with Gasteiger partial charge in [-0.15, -0.1) is 11.8 Å². The van der Waals surface area contributed by atoms with E-state index >= 15 is 0 Å². The average Bonchev–Trinajstić information content (AvgIpc) is 2.93. The van der Waals surface area contributed by atoms with E-state index in [1.54, 1.807) is 48.5 Å². The molecule has 1 aliphatic heterocycles. The Morgan fingerprint density at radius 3 is 2.30 bits per heavy atom. The van der Waals surface area contributed by atoms with Crippen LogP contribution >= 0.6 is 11.8 Å². The summed E-state index contributed by atoms with van der Waals surface area (Å²) < 4.78 is 34.4. The molecule has 0 atom stereocenters. The second kappa shape index (κ2) is 12.4. The summed E-state index contributed by atoms with van der Waals surface area (Å²) in [4.78, 5) is 16.6. The van der Waals surface area contributed by atoms with Crippen LogP contribution in [0, 0.1) is 0 Å². The van der Waals surface area contributed by atoms with Crippen LogP contribution in [0.1, 0.15) is 26.2 Å². The molecule has 3 aromatic carbocycles. The molecule has 0 saturated carbocycles. The Hall–Kier alpha value is -3.17. The van der Waals surface area contributed by atoms with Crippen molar-refractivity contribution in [1.82, 2.24) is 0 Å². The molecule has 0 spiro atoms. The minimum atomic E-state index is -4.05. The number of ether oxygens (including phenoxy) is 1. The van der Waals surface area contributed by atoms with Crippen LogP contribution in [0.15, 0.2) is 82.6 Å². The fourth-order valence-corrected chi connectivity index (χ4v) is 6.19. The molecule has 0 aromatic heterocycles. The highest BCUT2D eigenvalue weighted by Gasteiger charge is 2.29. The van der Waals surface area contributed by atoms with Crippen molar-refractivity contribution in [1.29, 1.82) is 0 Å². The Balaban J connectivity index is 1.58. The number of carbonyl (C=O) groups is 1. The molecule has 0 aliphatic carbocycles. The van der Waals surface area contributed by atoms with Gasteiger partial charge in [-0.25, -0.2) is 8.42 Å². The number of hydrogen-bond acceptors (Lipinski definition) is 6. The van der Waals surface area contributed by atoms with E-state index in [1.807, 2.05) is 37.4 Å². The fraction of sp³-hybridized carbons (Fsp3) is 0.321. The molecule has 1 saturated heterocycles. The number of amides is 1. The zero-order valence-electron chi connectivity index (χ0n) is 21.2. The van der Waals surface area contributed by atoms with Gasteiger partial charge in [0, 0.05) is 29.4 Å². The first-order chi connectivity index (χ1) is 17.9. The minimum Gasteiger partial charge on any atom is -0.492 e. The molecule has 3 aromatic rings. The van der Waals surface area contributed by atoms with Crippen molar-refractivity contribution in [2.24, 2.45) is 0 Å². The molecule has 1 amide bonds. The summed E-state index contributed by atoms with van der Waals surface area (Å²) in [6, 6.07) is 21.2. The highest BCUT2D eigenvalue weighted by atomic mass is 32.2. The van der Waals surface area contributed by atoms with E-state index in [-0.39, 0.29) is 4.90 Å². The number of hydrogen-bond donors (Lipinski definition) is 1. The summed E-state index contributed by atoms with van der Waals surface area (Å²) in [5, 5.41) is 2.86. The van der Waals surface area contributed by atoms with E-state index in [0.29, 0.717) is 23.7 Å². The number of anilines is 3. The van der Waals surface area contributed by atoms with Gasteiger partial charge in [0.1, 0.15) is 12.3 Å². The Morgan fingerprint density at radius 2 is 1.65 bits per heavy atom. The standard InChI is InChI=1S/C28H33N3O4S2/c1-3-35-27-10-6-5-9-26(27)31(37(33,34)25-17-15-24(36-2)16-18-25)21-28(32)29-22-11-13-23(14-12-22)30-19-7-4-8-20-30/h5-6,9-18H,3-4,7-8,19-21H2,1-2H3,(H,29,32). The third-order valence-corrected chi connectivity index (χ3v) is 8.76. The first-order valence-electron chi connectivity index (χ1n) is 12.5. The Bertz CT molecular complexity index is 1290. The van der Waals surface area contributed by atoms with Crippen LogP contribution in [0.25, 0.3) is 0 Å². The third-order valence-electron chi connectivity index (χ3n) is 6.24. The zero-order valence-corrected chi connectivity index (χ0v) is 22.9. The van der Waals surface area contributed by atoms with Crippen LogP contribution in [0.4, 0.5) is 17.1 Å². The summed E-state index contributed by atoms with van der Waals surface area (Å²) in [6.07, 6.45) is 5.56. The summed E-state index contributed by atoms with van der Waals surface area (Å²) in [5.41, 5.74) is 2.06. The largest absolute Gasteiger partial charge is 0.492 e. The molecule has 4 rings (SSSR count). The first kappa shape index (κ1) is 26.9. The van der Waals surface area contributed by atoms with E-state index in [0.717, 1.165) is 28.0 Å². The average molecular weight is 540 g/mol. The molecule has 37 heavy (non-hydrogen) atoms. The van der Waals surface area contributed by atoms with E-state index in [1.165, 1.54) is 31.0 Å². The predicted molar refractivity (Wildman–Crippen MR) is 152 cm³/mol. The molecule has 7 nitrogen and oxygen atoms in total. The molecule has 1 heterocycles. The lowest BCUT2D eigenvalue weighted by Gasteiger charge is -2.29. The lowest BCUT2D eigenvalue weighted by Crippen LogP contribution is -2.38. The van der Waals surface area contributed by atoms with Crippen molar-refractivity contribution in [2.45, 2.75) is 36.0 Å². The fourth-order valence-electron chi connectivity index (χ4n) is 4.35. The number of thioether (sulfide) groups is 1. The number of benzene rings is 3. The van der Waals surface area contributed by atoms with Crippen LogP contribution in [0.5, 0.6) is 5.75 Å². The van der Waals surface area contributed by atoms with E-state index in [4.69, 9.17) is 4.74 Å². The summed E-state index contributed by atoms with van der Waals surface area (Å²) >= 11 is 1.53. The number of sulfonamides is 1. The van der Waals surface area contributed by atoms with Crippen LogP contribution in [0.3, 0.4) is 0 Å². The molecule has 1 N–H and O–H groups in total. The second-order valence-corrected chi connectivity index (χ2v) is 11.5. The number of nitrogens with zero attached hydrogens (tertiary/aromatic N) is 2. The number of nitrogens with one attached hydrogen (secondary N) is 1. The Kier molecular flexibility index (Phi) is 9.00. The lowest BCUT2D eigenvalue weighted by molar-refractivity contribution is -0.114. The van der Waals surface area contributed by atoms with Crippen LogP contribution in [0.2, 0.25) is 0 Å². The van der Waals surface area contributed by atoms with Crippen LogP contribution in [-0.4, -0.2) is 46.8 Å². The minimum absolute atomic E-state index is 0.107. The van der Waals surface area contributed by atoms with Crippen molar-refractivity contribution in [3.8, 4) is 5.75 Å². The van der Waals surface area contributed by atoms with Crippen molar-refractivity contribution >= 4 is 44.8 Å².